The van der Waals surface area contributed by atoms with Crippen molar-refractivity contribution in [1.82, 2.24) is 10.3 Å². The SMILES string of the molecule is CCOc1ccc(S(=O)(=O)Nc2cccc(C(=O)NCc3cccnc3N3CCOCC3)c2)cc1. The average Bonchev–Trinajstić information content (AvgIpc) is 2.88. The van der Waals surface area contributed by atoms with Crippen molar-refractivity contribution >= 4 is 27.4 Å². The number of aromatic nitrogens is 1. The first-order chi connectivity index (χ1) is 17.0. The smallest absolute Gasteiger partial charge is 0.261 e. The molecular formula is C25H28N4O5S. The maximum absolute atomic E-state index is 12.8. The molecule has 1 fully saturated rings. The molecule has 2 heterocycles. The lowest BCUT2D eigenvalue weighted by Gasteiger charge is -2.29. The number of ether oxygens (including phenoxy) is 2. The summed E-state index contributed by atoms with van der Waals surface area (Å²) < 4.78 is 38.9. The van der Waals surface area contributed by atoms with Gasteiger partial charge in [0.25, 0.3) is 15.9 Å². The van der Waals surface area contributed by atoms with Gasteiger partial charge in [0.2, 0.25) is 0 Å². The molecule has 10 heteroatoms. The summed E-state index contributed by atoms with van der Waals surface area (Å²) in [5.41, 5.74) is 1.53. The number of hydrogen-bond acceptors (Lipinski definition) is 7. The van der Waals surface area contributed by atoms with E-state index in [0.717, 1.165) is 24.5 Å². The van der Waals surface area contributed by atoms with Crippen LogP contribution in [0.4, 0.5) is 11.5 Å². The summed E-state index contributed by atoms with van der Waals surface area (Å²) in [4.78, 5) is 19.6. The third kappa shape index (κ3) is 6.28. The monoisotopic (exact) mass is 496 g/mol. The van der Waals surface area contributed by atoms with E-state index in [1.165, 1.54) is 18.2 Å². The molecule has 1 aliphatic heterocycles. The van der Waals surface area contributed by atoms with Crippen LogP contribution in [0, 0.1) is 0 Å². The van der Waals surface area contributed by atoms with Crippen molar-refractivity contribution in [2.75, 3.05) is 42.5 Å². The lowest BCUT2D eigenvalue weighted by Crippen LogP contribution is -2.37. The van der Waals surface area contributed by atoms with Gasteiger partial charge in [0.1, 0.15) is 11.6 Å². The Morgan fingerprint density at radius 2 is 1.86 bits per heavy atom. The molecular weight excluding hydrogens is 468 g/mol. The average molecular weight is 497 g/mol. The van der Waals surface area contributed by atoms with Gasteiger partial charge in [0.05, 0.1) is 24.7 Å². The predicted molar refractivity (Wildman–Crippen MR) is 133 cm³/mol. The van der Waals surface area contributed by atoms with Crippen LogP contribution >= 0.6 is 0 Å². The van der Waals surface area contributed by atoms with E-state index in [4.69, 9.17) is 9.47 Å². The fourth-order valence-electron chi connectivity index (χ4n) is 3.73. The number of amides is 1. The molecule has 4 rings (SSSR count). The number of anilines is 2. The van der Waals surface area contributed by atoms with Crippen LogP contribution < -0.4 is 19.7 Å². The second-order valence-corrected chi connectivity index (χ2v) is 9.54. The molecule has 9 nitrogen and oxygen atoms in total. The molecule has 1 saturated heterocycles. The molecule has 35 heavy (non-hydrogen) atoms. The van der Waals surface area contributed by atoms with Gasteiger partial charge in [0, 0.05) is 42.6 Å². The second-order valence-electron chi connectivity index (χ2n) is 7.86. The van der Waals surface area contributed by atoms with Crippen LogP contribution in [0.1, 0.15) is 22.8 Å². The number of sulfonamides is 1. The molecule has 1 aromatic heterocycles. The van der Waals surface area contributed by atoms with Crippen LogP contribution in [0.5, 0.6) is 5.75 Å². The Bertz CT molecular complexity index is 1260. The van der Waals surface area contributed by atoms with Gasteiger partial charge in [-0.1, -0.05) is 12.1 Å². The molecule has 1 amide bonds. The molecule has 0 spiro atoms. The molecule has 0 aliphatic carbocycles. The first-order valence-electron chi connectivity index (χ1n) is 11.4. The summed E-state index contributed by atoms with van der Waals surface area (Å²) in [6.45, 7) is 5.41. The third-order valence-corrected chi connectivity index (χ3v) is 6.84. The highest BCUT2D eigenvalue weighted by Crippen LogP contribution is 2.21. The summed E-state index contributed by atoms with van der Waals surface area (Å²) in [7, 11) is -3.82. The van der Waals surface area contributed by atoms with Crippen LogP contribution in [-0.2, 0) is 21.3 Å². The third-order valence-electron chi connectivity index (χ3n) is 5.44. The van der Waals surface area contributed by atoms with Crippen molar-refractivity contribution in [3.63, 3.8) is 0 Å². The fourth-order valence-corrected chi connectivity index (χ4v) is 4.77. The summed E-state index contributed by atoms with van der Waals surface area (Å²) >= 11 is 0. The molecule has 2 N–H and O–H groups in total. The first-order valence-corrected chi connectivity index (χ1v) is 12.8. The number of hydrogen-bond donors (Lipinski definition) is 2. The summed E-state index contributed by atoms with van der Waals surface area (Å²) in [6, 6.07) is 16.3. The van der Waals surface area contributed by atoms with Crippen LogP contribution in [-0.4, -0.2) is 52.2 Å². The zero-order valence-electron chi connectivity index (χ0n) is 19.4. The summed E-state index contributed by atoms with van der Waals surface area (Å²) in [6.07, 6.45) is 1.73. The highest BCUT2D eigenvalue weighted by Gasteiger charge is 2.18. The van der Waals surface area contributed by atoms with Gasteiger partial charge in [0.15, 0.2) is 0 Å². The molecule has 0 unspecified atom stereocenters. The minimum Gasteiger partial charge on any atom is -0.494 e. The van der Waals surface area contributed by atoms with Crippen LogP contribution in [0.2, 0.25) is 0 Å². The fraction of sp³-hybridized carbons (Fsp3) is 0.280. The normalized spacial score (nSPS) is 13.8. The van der Waals surface area contributed by atoms with Gasteiger partial charge >= 0.3 is 0 Å². The van der Waals surface area contributed by atoms with E-state index in [-0.39, 0.29) is 10.8 Å². The Balaban J connectivity index is 1.42. The van der Waals surface area contributed by atoms with Gasteiger partial charge in [-0.2, -0.15) is 0 Å². The maximum atomic E-state index is 12.8. The number of pyridine rings is 1. The maximum Gasteiger partial charge on any atom is 0.261 e. The number of rotatable bonds is 9. The van der Waals surface area contributed by atoms with E-state index < -0.39 is 10.0 Å². The Hall–Kier alpha value is -3.63. The van der Waals surface area contributed by atoms with Crippen molar-refractivity contribution in [1.29, 1.82) is 0 Å². The second kappa shape index (κ2) is 11.2. The van der Waals surface area contributed by atoms with Crippen molar-refractivity contribution in [2.24, 2.45) is 0 Å². The zero-order valence-corrected chi connectivity index (χ0v) is 20.3. The van der Waals surface area contributed by atoms with Gasteiger partial charge in [-0.25, -0.2) is 13.4 Å². The molecule has 0 bridgehead atoms. The summed E-state index contributed by atoms with van der Waals surface area (Å²) in [5.74, 6) is 1.10. The van der Waals surface area contributed by atoms with Crippen LogP contribution in [0.15, 0.2) is 71.8 Å². The topological polar surface area (TPSA) is 110 Å². The van der Waals surface area contributed by atoms with Crippen molar-refractivity contribution < 1.29 is 22.7 Å². The van der Waals surface area contributed by atoms with Crippen LogP contribution in [0.25, 0.3) is 0 Å². The molecule has 0 saturated carbocycles. The van der Waals surface area contributed by atoms with E-state index in [2.05, 4.69) is 19.9 Å². The highest BCUT2D eigenvalue weighted by molar-refractivity contribution is 7.92. The molecule has 2 aromatic carbocycles. The van der Waals surface area contributed by atoms with Gasteiger partial charge in [-0.3, -0.25) is 9.52 Å². The molecule has 3 aromatic rings. The van der Waals surface area contributed by atoms with Crippen LogP contribution in [0.3, 0.4) is 0 Å². The minimum atomic E-state index is -3.82. The number of nitrogens with one attached hydrogen (secondary N) is 2. The first kappa shape index (κ1) is 24.5. The van der Waals surface area contributed by atoms with E-state index in [0.29, 0.717) is 43.4 Å². The highest BCUT2D eigenvalue weighted by atomic mass is 32.2. The minimum absolute atomic E-state index is 0.100. The van der Waals surface area contributed by atoms with Gasteiger partial charge < -0.3 is 19.7 Å². The quantitative estimate of drug-likeness (QED) is 0.469. The molecule has 0 atom stereocenters. The van der Waals surface area contributed by atoms with E-state index in [9.17, 15) is 13.2 Å². The van der Waals surface area contributed by atoms with Crippen molar-refractivity contribution in [3.05, 3.63) is 78.0 Å². The van der Waals surface area contributed by atoms with Gasteiger partial charge in [-0.15, -0.1) is 0 Å². The molecule has 1 aliphatic rings. The lowest BCUT2D eigenvalue weighted by atomic mass is 10.1. The Morgan fingerprint density at radius 1 is 1.09 bits per heavy atom. The van der Waals surface area contributed by atoms with E-state index >= 15 is 0 Å². The number of morpholine rings is 1. The van der Waals surface area contributed by atoms with Gasteiger partial charge in [-0.05, 0) is 55.5 Å². The lowest BCUT2D eigenvalue weighted by molar-refractivity contribution is 0.0950. The molecule has 0 radical (unpaired) electrons. The Labute approximate surface area is 205 Å². The Kier molecular flexibility index (Phi) is 7.84. The Morgan fingerprint density at radius 3 is 2.60 bits per heavy atom. The predicted octanol–water partition coefficient (Wildman–Crippen LogP) is 3.05. The van der Waals surface area contributed by atoms with E-state index in [1.807, 2.05) is 19.1 Å². The summed E-state index contributed by atoms with van der Waals surface area (Å²) in [5, 5.41) is 2.91. The standard InChI is InChI=1S/C25H28N4O5S/c1-2-34-22-8-10-23(11-9-22)35(31,32)28-21-7-3-5-19(17-21)25(30)27-18-20-6-4-12-26-24(20)29-13-15-33-16-14-29/h3-12,17,28H,2,13-16,18H2,1H3,(H,27,30). The van der Waals surface area contributed by atoms with Crippen molar-refractivity contribution in [3.8, 4) is 5.75 Å². The zero-order chi connectivity index (χ0) is 24.7. The van der Waals surface area contributed by atoms with E-state index in [1.54, 1.807) is 36.5 Å². The number of carbonyl (C=O) groups excluding carboxylic acids is 1. The largest absolute Gasteiger partial charge is 0.494 e. The van der Waals surface area contributed by atoms with Crippen molar-refractivity contribution in [2.45, 2.75) is 18.4 Å². The number of carbonyl (C=O) groups is 1. The molecule has 184 valence electrons. The number of benzene rings is 2. The number of nitrogens with zero attached hydrogens (tertiary/aromatic N) is 2.